The van der Waals surface area contributed by atoms with Crippen molar-refractivity contribution < 1.29 is 19.4 Å². The van der Waals surface area contributed by atoms with Crippen LogP contribution in [-0.2, 0) is 20.7 Å². The van der Waals surface area contributed by atoms with E-state index in [4.69, 9.17) is 4.74 Å². The molecule has 2 aromatic carbocycles. The summed E-state index contributed by atoms with van der Waals surface area (Å²) >= 11 is 3.39. The molecule has 5 heteroatoms. The Kier molecular flexibility index (Phi) is 5.36. The maximum atomic E-state index is 12.8. The van der Waals surface area contributed by atoms with Gasteiger partial charge >= 0.3 is 5.97 Å². The monoisotopic (exact) mass is 440 g/mol. The quantitative estimate of drug-likeness (QED) is 0.649. The number of hydrogen-bond donors (Lipinski definition) is 1. The van der Waals surface area contributed by atoms with Gasteiger partial charge in [-0.2, -0.15) is 0 Å². The molecule has 0 bridgehead atoms. The Hall–Kier alpha value is -2.40. The van der Waals surface area contributed by atoms with E-state index in [2.05, 4.69) is 15.9 Å². The summed E-state index contributed by atoms with van der Waals surface area (Å²) in [5, 5.41) is 10.6. The number of benzene rings is 2. The summed E-state index contributed by atoms with van der Waals surface area (Å²) in [5.41, 5.74) is 2.10. The number of halogens is 1. The summed E-state index contributed by atoms with van der Waals surface area (Å²) in [7, 11) is 0. The van der Waals surface area contributed by atoms with Crippen LogP contribution < -0.4 is 0 Å². The Morgan fingerprint density at radius 2 is 1.71 bits per heavy atom. The standard InChI is InChI=1S/C23H21BrO4/c24-17-11-6-14(7-12-17)8-13-18-21(25)22(26)20(23(27)28-18)19(16-9-10-16)15-4-2-1-3-5-15/h1-7,11-12,16,18-19,26H,8-10,13H2. The number of esters is 1. The molecule has 28 heavy (non-hydrogen) atoms. The first-order valence-electron chi connectivity index (χ1n) is 9.52. The van der Waals surface area contributed by atoms with E-state index in [-0.39, 0.29) is 17.4 Å². The lowest BCUT2D eigenvalue weighted by atomic mass is 9.83. The number of ether oxygens (including phenoxy) is 1. The zero-order valence-corrected chi connectivity index (χ0v) is 16.9. The molecule has 144 valence electrons. The molecule has 0 spiro atoms. The van der Waals surface area contributed by atoms with E-state index < -0.39 is 23.6 Å². The minimum atomic E-state index is -0.935. The van der Waals surface area contributed by atoms with Crippen LogP contribution in [0.2, 0.25) is 0 Å². The summed E-state index contributed by atoms with van der Waals surface area (Å²) in [6, 6.07) is 17.3. The Labute approximate surface area is 172 Å². The summed E-state index contributed by atoms with van der Waals surface area (Å²) in [5.74, 6) is -1.51. The van der Waals surface area contributed by atoms with Gasteiger partial charge in [-0.15, -0.1) is 0 Å². The Morgan fingerprint density at radius 1 is 1.04 bits per heavy atom. The molecule has 1 fully saturated rings. The van der Waals surface area contributed by atoms with Gasteiger partial charge in [0.05, 0.1) is 5.57 Å². The molecule has 2 aromatic rings. The Bertz CT molecular complexity index is 913. The lowest BCUT2D eigenvalue weighted by Crippen LogP contribution is -2.37. The number of Topliss-reactive ketones (excluding diaryl/α,β-unsaturated/α-hetero) is 1. The topological polar surface area (TPSA) is 63.6 Å². The van der Waals surface area contributed by atoms with Crippen molar-refractivity contribution in [2.24, 2.45) is 5.92 Å². The van der Waals surface area contributed by atoms with Gasteiger partial charge in [-0.25, -0.2) is 4.79 Å². The molecular formula is C23H21BrO4. The van der Waals surface area contributed by atoms with Crippen LogP contribution >= 0.6 is 15.9 Å². The molecule has 0 amide bonds. The average molecular weight is 441 g/mol. The van der Waals surface area contributed by atoms with Crippen molar-refractivity contribution in [1.29, 1.82) is 0 Å². The van der Waals surface area contributed by atoms with Crippen molar-refractivity contribution in [3.05, 3.63) is 81.5 Å². The van der Waals surface area contributed by atoms with E-state index in [0.717, 1.165) is 28.4 Å². The van der Waals surface area contributed by atoms with Crippen LogP contribution in [0.25, 0.3) is 0 Å². The van der Waals surface area contributed by atoms with E-state index in [9.17, 15) is 14.7 Å². The number of cyclic esters (lactones) is 1. The zero-order chi connectivity index (χ0) is 19.7. The highest BCUT2D eigenvalue weighted by molar-refractivity contribution is 9.10. The van der Waals surface area contributed by atoms with Crippen molar-refractivity contribution in [2.75, 3.05) is 0 Å². The van der Waals surface area contributed by atoms with Gasteiger partial charge in [-0.05, 0) is 54.9 Å². The summed E-state index contributed by atoms with van der Waals surface area (Å²) in [6.45, 7) is 0. The van der Waals surface area contributed by atoms with Crippen molar-refractivity contribution >= 4 is 27.7 Å². The molecule has 2 aliphatic rings. The predicted octanol–water partition coefficient (Wildman–Crippen LogP) is 4.88. The second-order valence-corrected chi connectivity index (χ2v) is 8.33. The molecule has 1 N–H and O–H groups in total. The highest BCUT2D eigenvalue weighted by Crippen LogP contribution is 2.48. The molecule has 0 radical (unpaired) electrons. The van der Waals surface area contributed by atoms with E-state index in [1.165, 1.54) is 0 Å². The number of ketones is 1. The first-order chi connectivity index (χ1) is 13.5. The van der Waals surface area contributed by atoms with Crippen molar-refractivity contribution in [3.63, 3.8) is 0 Å². The SMILES string of the molecule is O=C1OC(CCc2ccc(Br)cc2)C(=O)C(O)=C1C(c1ccccc1)C1CC1. The molecule has 1 aliphatic heterocycles. The lowest BCUT2D eigenvalue weighted by Gasteiger charge is -2.28. The molecule has 0 saturated heterocycles. The number of aliphatic hydroxyl groups is 1. The third-order valence-electron chi connectivity index (χ3n) is 5.42. The Balaban J connectivity index is 1.55. The normalized spacial score (nSPS) is 20.8. The number of carbonyl (C=O) groups excluding carboxylic acids is 2. The van der Waals surface area contributed by atoms with Gasteiger partial charge in [-0.3, -0.25) is 4.79 Å². The number of aryl methyl sites for hydroxylation is 1. The van der Waals surface area contributed by atoms with Crippen LogP contribution in [0.5, 0.6) is 0 Å². The molecule has 2 unspecified atom stereocenters. The van der Waals surface area contributed by atoms with Crippen LogP contribution in [0.3, 0.4) is 0 Å². The maximum absolute atomic E-state index is 12.8. The van der Waals surface area contributed by atoms with Gasteiger partial charge < -0.3 is 9.84 Å². The maximum Gasteiger partial charge on any atom is 0.339 e. The van der Waals surface area contributed by atoms with E-state index in [1.807, 2.05) is 54.6 Å². The van der Waals surface area contributed by atoms with Gasteiger partial charge in [-0.1, -0.05) is 58.4 Å². The predicted molar refractivity (Wildman–Crippen MR) is 109 cm³/mol. The number of aliphatic hydroxyl groups excluding tert-OH is 1. The van der Waals surface area contributed by atoms with Crippen LogP contribution in [0, 0.1) is 5.92 Å². The number of rotatable bonds is 6. The highest BCUT2D eigenvalue weighted by Gasteiger charge is 2.45. The number of hydrogen-bond acceptors (Lipinski definition) is 4. The van der Waals surface area contributed by atoms with Crippen molar-refractivity contribution in [1.82, 2.24) is 0 Å². The molecule has 2 atom stereocenters. The third-order valence-corrected chi connectivity index (χ3v) is 5.95. The fourth-order valence-corrected chi connectivity index (χ4v) is 4.07. The lowest BCUT2D eigenvalue weighted by molar-refractivity contribution is -0.155. The third kappa shape index (κ3) is 3.90. The molecule has 4 rings (SSSR count). The van der Waals surface area contributed by atoms with Gasteiger partial charge in [0, 0.05) is 10.4 Å². The molecule has 4 nitrogen and oxygen atoms in total. The summed E-state index contributed by atoms with van der Waals surface area (Å²) in [6.07, 6.45) is 1.96. The first-order valence-corrected chi connectivity index (χ1v) is 10.3. The zero-order valence-electron chi connectivity index (χ0n) is 15.3. The van der Waals surface area contributed by atoms with Crippen LogP contribution in [0.1, 0.15) is 36.3 Å². The van der Waals surface area contributed by atoms with Crippen LogP contribution in [-0.4, -0.2) is 23.0 Å². The summed E-state index contributed by atoms with van der Waals surface area (Å²) < 4.78 is 6.47. The van der Waals surface area contributed by atoms with Crippen LogP contribution in [0.15, 0.2) is 70.4 Å². The molecule has 1 saturated carbocycles. The highest BCUT2D eigenvalue weighted by atomic mass is 79.9. The van der Waals surface area contributed by atoms with Gasteiger partial charge in [0.15, 0.2) is 11.9 Å². The second kappa shape index (κ2) is 7.92. The van der Waals surface area contributed by atoms with E-state index >= 15 is 0 Å². The molecule has 1 aliphatic carbocycles. The van der Waals surface area contributed by atoms with E-state index in [1.54, 1.807) is 0 Å². The summed E-state index contributed by atoms with van der Waals surface area (Å²) in [4.78, 5) is 25.5. The fraction of sp³-hybridized carbons (Fsp3) is 0.304. The van der Waals surface area contributed by atoms with Crippen molar-refractivity contribution in [3.8, 4) is 0 Å². The van der Waals surface area contributed by atoms with Crippen LogP contribution in [0.4, 0.5) is 0 Å². The van der Waals surface area contributed by atoms with Gasteiger partial charge in [0.2, 0.25) is 5.78 Å². The van der Waals surface area contributed by atoms with E-state index in [0.29, 0.717) is 12.8 Å². The Morgan fingerprint density at radius 3 is 2.36 bits per heavy atom. The number of carbonyl (C=O) groups is 2. The van der Waals surface area contributed by atoms with Crippen molar-refractivity contribution in [2.45, 2.75) is 37.7 Å². The average Bonchev–Trinajstić information content (AvgIpc) is 3.54. The minimum Gasteiger partial charge on any atom is -0.504 e. The molecule has 1 heterocycles. The fourth-order valence-electron chi connectivity index (χ4n) is 3.81. The van der Waals surface area contributed by atoms with Gasteiger partial charge in [0.1, 0.15) is 0 Å². The minimum absolute atomic E-state index is 0.124. The second-order valence-electron chi connectivity index (χ2n) is 7.41. The smallest absolute Gasteiger partial charge is 0.339 e. The van der Waals surface area contributed by atoms with Gasteiger partial charge in [0.25, 0.3) is 0 Å². The molecular weight excluding hydrogens is 420 g/mol. The largest absolute Gasteiger partial charge is 0.504 e. The molecule has 0 aromatic heterocycles. The first kappa shape index (κ1) is 18.9.